The van der Waals surface area contributed by atoms with Gasteiger partial charge in [0.25, 0.3) is 0 Å². The highest BCUT2D eigenvalue weighted by Gasteiger charge is 2.28. The van der Waals surface area contributed by atoms with Crippen LogP contribution in [-0.2, 0) is 9.47 Å². The van der Waals surface area contributed by atoms with Gasteiger partial charge in [0.15, 0.2) is 0 Å². The molecule has 0 unspecified atom stereocenters. The van der Waals surface area contributed by atoms with Gasteiger partial charge < -0.3 is 9.47 Å². The maximum absolute atomic E-state index is 5.74. The normalized spacial score (nSPS) is 18.4. The first kappa shape index (κ1) is 13.9. The van der Waals surface area contributed by atoms with Gasteiger partial charge in [-0.2, -0.15) is 0 Å². The fourth-order valence-corrected chi connectivity index (χ4v) is 1.73. The van der Waals surface area contributed by atoms with Gasteiger partial charge in [-0.1, -0.05) is 13.8 Å². The summed E-state index contributed by atoms with van der Waals surface area (Å²) in [5.74, 6) is 0.632. The Morgan fingerprint density at radius 3 is 2.38 bits per heavy atom. The van der Waals surface area contributed by atoms with Crippen LogP contribution in [0.2, 0.25) is 0 Å². The van der Waals surface area contributed by atoms with Gasteiger partial charge in [0, 0.05) is 39.0 Å². The minimum absolute atomic E-state index is 0.465. The molecule has 0 aromatic carbocycles. The van der Waals surface area contributed by atoms with Gasteiger partial charge in [0.05, 0.1) is 6.10 Å². The van der Waals surface area contributed by atoms with Crippen molar-refractivity contribution in [3.63, 3.8) is 0 Å². The molecule has 96 valence electrons. The van der Waals surface area contributed by atoms with E-state index in [2.05, 4.69) is 32.6 Å². The third-order valence-electron chi connectivity index (χ3n) is 2.84. The molecule has 0 radical (unpaired) electrons. The Balaban J connectivity index is 1.83. The minimum Gasteiger partial charge on any atom is -0.381 e. The van der Waals surface area contributed by atoms with E-state index >= 15 is 0 Å². The first-order chi connectivity index (χ1) is 7.59. The van der Waals surface area contributed by atoms with Gasteiger partial charge >= 0.3 is 0 Å². The second-order valence-electron chi connectivity index (χ2n) is 5.36. The van der Waals surface area contributed by atoms with Crippen molar-refractivity contribution in [2.24, 2.45) is 5.92 Å². The second-order valence-corrected chi connectivity index (χ2v) is 5.36. The first-order valence-corrected chi connectivity index (χ1v) is 6.53. The van der Waals surface area contributed by atoms with Crippen molar-refractivity contribution < 1.29 is 9.47 Å². The Kier molecular flexibility index (Phi) is 6.32. The number of likely N-dealkylation sites (tertiary alicyclic amines) is 1. The van der Waals surface area contributed by atoms with Crippen LogP contribution < -0.4 is 0 Å². The van der Waals surface area contributed by atoms with Crippen LogP contribution in [0.3, 0.4) is 0 Å². The summed E-state index contributed by atoms with van der Waals surface area (Å²) in [5.41, 5.74) is 0. The molecule has 0 atom stereocenters. The maximum Gasteiger partial charge on any atom is 0.0828 e. The van der Waals surface area contributed by atoms with Gasteiger partial charge in [-0.05, 0) is 26.2 Å². The summed E-state index contributed by atoms with van der Waals surface area (Å²) in [4.78, 5) is 2.43. The van der Waals surface area contributed by atoms with E-state index < -0.39 is 0 Å². The molecule has 0 saturated carbocycles. The summed E-state index contributed by atoms with van der Waals surface area (Å²) in [5, 5.41) is 0. The van der Waals surface area contributed by atoms with Crippen LogP contribution in [0.15, 0.2) is 0 Å². The van der Waals surface area contributed by atoms with Crippen LogP contribution in [0.25, 0.3) is 0 Å². The molecule has 0 bridgehead atoms. The molecule has 0 amide bonds. The number of hydrogen-bond acceptors (Lipinski definition) is 3. The van der Waals surface area contributed by atoms with E-state index in [0.717, 1.165) is 39.3 Å². The SMILES string of the molecule is CC(C)COCCCOC1CN(C(C)C)C1. The van der Waals surface area contributed by atoms with Crippen LogP contribution in [0.5, 0.6) is 0 Å². The Labute approximate surface area is 100 Å². The van der Waals surface area contributed by atoms with Crippen molar-refractivity contribution in [3.05, 3.63) is 0 Å². The molecule has 0 spiro atoms. The van der Waals surface area contributed by atoms with E-state index in [9.17, 15) is 0 Å². The quantitative estimate of drug-likeness (QED) is 0.595. The third kappa shape index (κ3) is 5.28. The van der Waals surface area contributed by atoms with Crippen LogP contribution >= 0.6 is 0 Å². The van der Waals surface area contributed by atoms with Crippen molar-refractivity contribution in [2.45, 2.75) is 46.3 Å². The topological polar surface area (TPSA) is 21.7 Å². The lowest BCUT2D eigenvalue weighted by Crippen LogP contribution is -2.55. The fraction of sp³-hybridized carbons (Fsp3) is 1.00. The minimum atomic E-state index is 0.465. The number of ether oxygens (including phenoxy) is 2. The zero-order valence-electron chi connectivity index (χ0n) is 11.2. The number of hydrogen-bond donors (Lipinski definition) is 0. The lowest BCUT2D eigenvalue weighted by molar-refractivity contribution is -0.0708. The van der Waals surface area contributed by atoms with Gasteiger partial charge in [-0.15, -0.1) is 0 Å². The molecular weight excluding hydrogens is 202 g/mol. The fourth-order valence-electron chi connectivity index (χ4n) is 1.73. The molecule has 1 aliphatic rings. The highest BCUT2D eigenvalue weighted by Crippen LogP contribution is 2.14. The third-order valence-corrected chi connectivity index (χ3v) is 2.84. The second kappa shape index (κ2) is 7.25. The van der Waals surface area contributed by atoms with Gasteiger partial charge in [0.2, 0.25) is 0 Å². The molecule has 0 aromatic rings. The van der Waals surface area contributed by atoms with Crippen molar-refractivity contribution in [1.82, 2.24) is 4.90 Å². The molecule has 3 heteroatoms. The van der Waals surface area contributed by atoms with E-state index in [1.54, 1.807) is 0 Å². The average molecular weight is 229 g/mol. The Hall–Kier alpha value is -0.120. The molecule has 1 aliphatic heterocycles. The smallest absolute Gasteiger partial charge is 0.0828 e. The molecule has 1 heterocycles. The zero-order valence-corrected chi connectivity index (χ0v) is 11.2. The average Bonchev–Trinajstić information content (AvgIpc) is 2.12. The summed E-state index contributed by atoms with van der Waals surface area (Å²) < 4.78 is 11.2. The van der Waals surface area contributed by atoms with Gasteiger partial charge in [-0.25, -0.2) is 0 Å². The van der Waals surface area contributed by atoms with E-state index in [1.807, 2.05) is 0 Å². The molecule has 0 aromatic heterocycles. The van der Waals surface area contributed by atoms with Gasteiger partial charge in [0.1, 0.15) is 0 Å². The van der Waals surface area contributed by atoms with Crippen molar-refractivity contribution in [3.8, 4) is 0 Å². The molecule has 0 N–H and O–H groups in total. The van der Waals surface area contributed by atoms with Crippen LogP contribution in [-0.4, -0.2) is 50.0 Å². The summed E-state index contributed by atoms with van der Waals surface area (Å²) in [7, 11) is 0. The van der Waals surface area contributed by atoms with E-state index in [0.29, 0.717) is 18.1 Å². The molecule has 16 heavy (non-hydrogen) atoms. The molecule has 1 fully saturated rings. The Bertz CT molecular complexity index is 177. The lowest BCUT2D eigenvalue weighted by atomic mass is 10.1. The lowest BCUT2D eigenvalue weighted by Gasteiger charge is -2.41. The molecule has 1 saturated heterocycles. The largest absolute Gasteiger partial charge is 0.381 e. The van der Waals surface area contributed by atoms with Crippen molar-refractivity contribution >= 4 is 0 Å². The van der Waals surface area contributed by atoms with Gasteiger partial charge in [-0.3, -0.25) is 4.90 Å². The molecule has 1 rings (SSSR count). The highest BCUT2D eigenvalue weighted by molar-refractivity contribution is 4.82. The Morgan fingerprint density at radius 1 is 1.12 bits per heavy atom. The van der Waals surface area contributed by atoms with E-state index in [-0.39, 0.29) is 0 Å². The van der Waals surface area contributed by atoms with Crippen LogP contribution in [0.1, 0.15) is 34.1 Å². The zero-order chi connectivity index (χ0) is 12.0. The number of rotatable bonds is 8. The summed E-state index contributed by atoms with van der Waals surface area (Å²) in [6.07, 6.45) is 1.48. The standard InChI is InChI=1S/C13H27NO2/c1-11(2)10-15-6-5-7-16-13-8-14(9-13)12(3)4/h11-13H,5-10H2,1-4H3. The first-order valence-electron chi connectivity index (χ1n) is 6.53. The summed E-state index contributed by atoms with van der Waals surface area (Å²) in [6.45, 7) is 13.6. The highest BCUT2D eigenvalue weighted by atomic mass is 16.5. The summed E-state index contributed by atoms with van der Waals surface area (Å²) in [6, 6.07) is 0.661. The monoisotopic (exact) mass is 229 g/mol. The van der Waals surface area contributed by atoms with Crippen LogP contribution in [0.4, 0.5) is 0 Å². The maximum atomic E-state index is 5.74. The molecular formula is C13H27NO2. The van der Waals surface area contributed by atoms with E-state index in [4.69, 9.17) is 9.47 Å². The van der Waals surface area contributed by atoms with Crippen molar-refractivity contribution in [1.29, 1.82) is 0 Å². The predicted molar refractivity (Wildman–Crippen MR) is 66.7 cm³/mol. The molecule has 3 nitrogen and oxygen atoms in total. The summed E-state index contributed by atoms with van der Waals surface area (Å²) >= 11 is 0. The Morgan fingerprint density at radius 2 is 1.81 bits per heavy atom. The molecule has 0 aliphatic carbocycles. The number of nitrogens with zero attached hydrogens (tertiary/aromatic N) is 1. The van der Waals surface area contributed by atoms with E-state index in [1.165, 1.54) is 0 Å². The predicted octanol–water partition coefficient (Wildman–Crippen LogP) is 2.16. The van der Waals surface area contributed by atoms with Crippen molar-refractivity contribution in [2.75, 3.05) is 32.9 Å². The van der Waals surface area contributed by atoms with Crippen LogP contribution in [0, 0.1) is 5.92 Å².